The Kier molecular flexibility index (Phi) is 6.84. The molecule has 1 aliphatic rings. The van der Waals surface area contributed by atoms with Crippen molar-refractivity contribution in [2.24, 2.45) is 5.92 Å². The predicted molar refractivity (Wildman–Crippen MR) is 116 cm³/mol. The van der Waals surface area contributed by atoms with Crippen LogP contribution in [0.3, 0.4) is 0 Å². The first-order valence-electron chi connectivity index (χ1n) is 10.3. The molecule has 3 rings (SSSR count). The maximum Gasteiger partial charge on any atom is 0.338 e. The van der Waals surface area contributed by atoms with Gasteiger partial charge in [-0.1, -0.05) is 26.8 Å². The number of aliphatic hydroxyl groups excluding tert-OH is 1. The molecule has 1 atom stereocenters. The molecule has 1 unspecified atom stereocenters. The molecule has 162 valence electrons. The number of anilines is 1. The molecule has 0 fully saturated rings. The van der Waals surface area contributed by atoms with Gasteiger partial charge in [-0.15, -0.1) is 0 Å². The second-order valence-corrected chi connectivity index (χ2v) is 7.83. The summed E-state index contributed by atoms with van der Waals surface area (Å²) in [6.07, 6.45) is 4.10. The maximum absolute atomic E-state index is 13.0. The van der Waals surface area contributed by atoms with Crippen molar-refractivity contribution in [2.45, 2.75) is 39.7 Å². The topological polar surface area (TPSA) is 96.8 Å². The molecule has 0 saturated carbocycles. The molecule has 2 heterocycles. The van der Waals surface area contributed by atoms with Gasteiger partial charge < -0.3 is 9.84 Å². The molecule has 7 heteroatoms. The van der Waals surface area contributed by atoms with Crippen molar-refractivity contribution in [1.82, 2.24) is 4.98 Å². The number of esters is 1. The molecule has 0 spiro atoms. The molecule has 0 bridgehead atoms. The lowest BCUT2D eigenvalue weighted by Gasteiger charge is -2.27. The highest BCUT2D eigenvalue weighted by molar-refractivity contribution is 6.16. The molecule has 0 saturated heterocycles. The largest absolute Gasteiger partial charge is 0.503 e. The summed E-state index contributed by atoms with van der Waals surface area (Å²) in [5.74, 6) is -1.87. The Bertz CT molecular complexity index is 996. The molecular weight excluding hydrogens is 396 g/mol. The number of benzene rings is 1. The van der Waals surface area contributed by atoms with Crippen LogP contribution in [-0.4, -0.2) is 34.4 Å². The van der Waals surface area contributed by atoms with Crippen molar-refractivity contribution in [3.8, 4) is 0 Å². The van der Waals surface area contributed by atoms with Gasteiger partial charge in [0.25, 0.3) is 5.91 Å². The Balaban J connectivity index is 2.00. The SMILES string of the molecule is CCCOC(=O)c1ccc(N2C(=O)C(O)=C(C(=O)CC(C)C)C2c2cccnc2)cc1. The van der Waals surface area contributed by atoms with E-state index in [9.17, 15) is 19.5 Å². The smallest absolute Gasteiger partial charge is 0.338 e. The van der Waals surface area contributed by atoms with E-state index < -0.39 is 23.7 Å². The zero-order valence-corrected chi connectivity index (χ0v) is 17.9. The fourth-order valence-electron chi connectivity index (χ4n) is 3.53. The number of pyridine rings is 1. The van der Waals surface area contributed by atoms with Crippen LogP contribution >= 0.6 is 0 Å². The van der Waals surface area contributed by atoms with Gasteiger partial charge in [0.05, 0.1) is 23.8 Å². The lowest BCUT2D eigenvalue weighted by atomic mass is 9.92. The van der Waals surface area contributed by atoms with Crippen LogP contribution in [0, 0.1) is 5.92 Å². The number of amides is 1. The summed E-state index contributed by atoms with van der Waals surface area (Å²) in [7, 11) is 0. The quantitative estimate of drug-likeness (QED) is 0.642. The van der Waals surface area contributed by atoms with Gasteiger partial charge in [-0.3, -0.25) is 19.5 Å². The second kappa shape index (κ2) is 9.55. The number of hydrogen-bond acceptors (Lipinski definition) is 6. The van der Waals surface area contributed by atoms with Gasteiger partial charge in [0.15, 0.2) is 11.5 Å². The van der Waals surface area contributed by atoms with Crippen LogP contribution in [0.15, 0.2) is 60.1 Å². The molecule has 7 nitrogen and oxygen atoms in total. The van der Waals surface area contributed by atoms with Gasteiger partial charge in [-0.2, -0.15) is 0 Å². The minimum atomic E-state index is -0.801. The van der Waals surface area contributed by atoms with Gasteiger partial charge in [0, 0.05) is 24.5 Å². The van der Waals surface area contributed by atoms with Crippen LogP contribution in [-0.2, 0) is 14.3 Å². The van der Waals surface area contributed by atoms with Crippen molar-refractivity contribution in [3.63, 3.8) is 0 Å². The van der Waals surface area contributed by atoms with Crippen LogP contribution < -0.4 is 4.90 Å². The summed E-state index contributed by atoms with van der Waals surface area (Å²) in [5, 5.41) is 10.6. The molecule has 1 aliphatic heterocycles. The van der Waals surface area contributed by atoms with Crippen LogP contribution in [0.5, 0.6) is 0 Å². The van der Waals surface area contributed by atoms with E-state index in [2.05, 4.69) is 4.98 Å². The van der Waals surface area contributed by atoms with Gasteiger partial charge in [-0.05, 0) is 48.2 Å². The van der Waals surface area contributed by atoms with Crippen molar-refractivity contribution in [1.29, 1.82) is 0 Å². The molecule has 31 heavy (non-hydrogen) atoms. The fourth-order valence-corrected chi connectivity index (χ4v) is 3.53. The van der Waals surface area contributed by atoms with Crippen LogP contribution in [0.4, 0.5) is 5.69 Å². The monoisotopic (exact) mass is 422 g/mol. The Labute approximate surface area is 181 Å². The molecule has 1 amide bonds. The highest BCUT2D eigenvalue weighted by Gasteiger charge is 2.44. The molecule has 2 aromatic rings. The number of carbonyl (C=O) groups is 3. The van der Waals surface area contributed by atoms with Gasteiger partial charge in [0.2, 0.25) is 0 Å². The van der Waals surface area contributed by atoms with E-state index in [1.165, 1.54) is 4.90 Å². The first-order chi connectivity index (χ1) is 14.8. The zero-order chi connectivity index (χ0) is 22.5. The number of ether oxygens (including phenoxy) is 1. The van der Waals surface area contributed by atoms with Crippen LogP contribution in [0.25, 0.3) is 0 Å². The lowest BCUT2D eigenvalue weighted by molar-refractivity contribution is -0.118. The van der Waals surface area contributed by atoms with E-state index in [-0.39, 0.29) is 23.7 Å². The normalized spacial score (nSPS) is 16.2. The molecular formula is C24H26N2O5. The summed E-state index contributed by atoms with van der Waals surface area (Å²) >= 11 is 0. The average molecular weight is 422 g/mol. The van der Waals surface area contributed by atoms with E-state index in [1.54, 1.807) is 48.8 Å². The van der Waals surface area contributed by atoms with E-state index in [0.29, 0.717) is 23.4 Å². The molecule has 1 aromatic carbocycles. The maximum atomic E-state index is 13.0. The third-order valence-corrected chi connectivity index (χ3v) is 4.92. The molecule has 0 radical (unpaired) electrons. The van der Waals surface area contributed by atoms with Gasteiger partial charge in [-0.25, -0.2) is 4.79 Å². The summed E-state index contributed by atoms with van der Waals surface area (Å²) in [4.78, 5) is 43.5. The number of Topliss-reactive ketones (excluding diaryl/α,β-unsaturated/α-hetero) is 1. The predicted octanol–water partition coefficient (Wildman–Crippen LogP) is 4.16. The first kappa shape index (κ1) is 22.2. The van der Waals surface area contributed by atoms with Crippen molar-refractivity contribution >= 4 is 23.3 Å². The third kappa shape index (κ3) is 4.66. The Hall–Kier alpha value is -3.48. The second-order valence-electron chi connectivity index (χ2n) is 7.83. The minimum absolute atomic E-state index is 0.0677. The van der Waals surface area contributed by atoms with Crippen LogP contribution in [0.1, 0.15) is 55.6 Å². The average Bonchev–Trinajstić information content (AvgIpc) is 3.03. The van der Waals surface area contributed by atoms with Gasteiger partial charge >= 0.3 is 5.97 Å². The highest BCUT2D eigenvalue weighted by Crippen LogP contribution is 2.41. The first-order valence-corrected chi connectivity index (χ1v) is 10.3. The third-order valence-electron chi connectivity index (χ3n) is 4.92. The van der Waals surface area contributed by atoms with E-state index in [4.69, 9.17) is 4.74 Å². The lowest BCUT2D eigenvalue weighted by Crippen LogP contribution is -2.31. The fraction of sp³-hybridized carbons (Fsp3) is 0.333. The number of ketones is 1. The van der Waals surface area contributed by atoms with E-state index in [1.807, 2.05) is 20.8 Å². The standard InChI is InChI=1S/C24H26N2O5/c1-4-12-31-24(30)16-7-9-18(10-8-16)26-21(17-6-5-11-25-14-17)20(22(28)23(26)29)19(27)13-15(2)3/h5-11,14-15,21,28H,4,12-13H2,1-3H3. The zero-order valence-electron chi connectivity index (χ0n) is 17.9. The number of rotatable bonds is 8. The summed E-state index contributed by atoms with van der Waals surface area (Å²) in [6.45, 7) is 6.04. The van der Waals surface area contributed by atoms with Crippen molar-refractivity contribution in [3.05, 3.63) is 71.3 Å². The number of nitrogens with zero attached hydrogens (tertiary/aromatic N) is 2. The summed E-state index contributed by atoms with van der Waals surface area (Å²) in [5.41, 5.74) is 1.48. The minimum Gasteiger partial charge on any atom is -0.503 e. The molecule has 0 aliphatic carbocycles. The summed E-state index contributed by atoms with van der Waals surface area (Å²) in [6, 6.07) is 9.00. The molecule has 1 N–H and O–H groups in total. The number of carbonyl (C=O) groups excluding carboxylic acids is 3. The summed E-state index contributed by atoms with van der Waals surface area (Å²) < 4.78 is 5.14. The molecule has 1 aromatic heterocycles. The van der Waals surface area contributed by atoms with E-state index >= 15 is 0 Å². The number of aliphatic hydroxyl groups is 1. The van der Waals surface area contributed by atoms with Crippen molar-refractivity contribution < 1.29 is 24.2 Å². The van der Waals surface area contributed by atoms with Crippen molar-refractivity contribution in [2.75, 3.05) is 11.5 Å². The Morgan fingerprint density at radius 2 is 1.90 bits per heavy atom. The Morgan fingerprint density at radius 1 is 1.19 bits per heavy atom. The number of hydrogen-bond donors (Lipinski definition) is 1. The Morgan fingerprint density at radius 3 is 2.48 bits per heavy atom. The van der Waals surface area contributed by atoms with Gasteiger partial charge in [0.1, 0.15) is 0 Å². The highest BCUT2D eigenvalue weighted by atomic mass is 16.5. The number of aromatic nitrogens is 1. The van der Waals surface area contributed by atoms with Crippen LogP contribution in [0.2, 0.25) is 0 Å². The van der Waals surface area contributed by atoms with E-state index in [0.717, 1.165) is 6.42 Å².